The summed E-state index contributed by atoms with van der Waals surface area (Å²) >= 11 is 13.6. The summed E-state index contributed by atoms with van der Waals surface area (Å²) < 4.78 is 13.0. The van der Waals surface area contributed by atoms with Gasteiger partial charge in [-0.15, -0.1) is 0 Å². The summed E-state index contributed by atoms with van der Waals surface area (Å²) in [6.45, 7) is 0. The zero-order chi connectivity index (χ0) is 41.8. The number of hydrogen-bond acceptors (Lipinski definition) is 7. The Morgan fingerprint density at radius 2 is 0.898 bits per heavy atom. The van der Waals surface area contributed by atoms with E-state index in [4.69, 9.17) is 44.1 Å². The molecule has 0 bridgehead atoms. The Balaban J connectivity index is 1.26. The zero-order valence-corrected chi connectivity index (χ0v) is 33.5. The van der Waals surface area contributed by atoms with Gasteiger partial charge in [0, 0.05) is 56.3 Å². The molecule has 6 aromatic carbocycles. The number of esters is 2. The van der Waals surface area contributed by atoms with Crippen molar-refractivity contribution in [3.8, 4) is 0 Å². The molecular weight excluding hydrogens is 785 g/mol. The quantitative estimate of drug-likeness (QED) is 0.0620. The molecule has 59 heavy (non-hydrogen) atoms. The first-order valence-electron chi connectivity index (χ1n) is 19.1. The Morgan fingerprint density at radius 1 is 0.525 bits per heavy atom. The molecule has 300 valence electrons. The number of primary amides is 1. The second-order valence-electron chi connectivity index (χ2n) is 13.9. The Morgan fingerprint density at radius 3 is 1.29 bits per heavy atom. The van der Waals surface area contributed by atoms with Crippen molar-refractivity contribution in [1.82, 2.24) is 5.32 Å². The van der Waals surface area contributed by atoms with Crippen LogP contribution in [0.4, 0.5) is 0 Å². The van der Waals surface area contributed by atoms with Gasteiger partial charge < -0.3 is 26.3 Å². The number of benzene rings is 6. The smallest absolute Gasteiger partial charge is 0.330 e. The van der Waals surface area contributed by atoms with Crippen molar-refractivity contribution in [2.24, 2.45) is 11.5 Å². The highest BCUT2D eigenvalue weighted by Gasteiger charge is 2.44. The van der Waals surface area contributed by atoms with Crippen LogP contribution in [0.25, 0.3) is 0 Å². The topological polar surface area (TPSA) is 151 Å². The maximum atomic E-state index is 14.5. The van der Waals surface area contributed by atoms with Crippen molar-refractivity contribution in [2.45, 2.75) is 49.0 Å². The van der Waals surface area contributed by atoms with Crippen LogP contribution >= 0.6 is 23.2 Å². The molecule has 6 rings (SSSR count). The van der Waals surface area contributed by atoms with E-state index in [1.165, 1.54) is 0 Å². The third kappa shape index (κ3) is 9.56. The summed E-state index contributed by atoms with van der Waals surface area (Å²) in [6, 6.07) is 48.1. The zero-order valence-electron chi connectivity index (χ0n) is 32.0. The molecule has 11 heteroatoms. The van der Waals surface area contributed by atoms with Gasteiger partial charge in [-0.3, -0.25) is 14.4 Å². The molecule has 0 saturated carbocycles. The summed E-state index contributed by atoms with van der Waals surface area (Å²) in [6.07, 6.45) is -0.859. The lowest BCUT2D eigenvalue weighted by molar-refractivity contribution is -0.158. The molecule has 0 heterocycles. The van der Waals surface area contributed by atoms with E-state index in [9.17, 15) is 19.2 Å². The van der Waals surface area contributed by atoms with Crippen molar-refractivity contribution in [1.29, 1.82) is 0 Å². The van der Waals surface area contributed by atoms with E-state index in [2.05, 4.69) is 5.32 Å². The van der Waals surface area contributed by atoms with Gasteiger partial charge in [0.25, 0.3) is 0 Å². The van der Waals surface area contributed by atoms with Crippen LogP contribution < -0.4 is 16.8 Å². The minimum Gasteiger partial charge on any atom is -0.444 e. The summed E-state index contributed by atoms with van der Waals surface area (Å²) in [5, 5.41) is 3.39. The van der Waals surface area contributed by atoms with E-state index in [-0.39, 0.29) is 25.7 Å². The van der Waals surface area contributed by atoms with Gasteiger partial charge in [-0.1, -0.05) is 181 Å². The van der Waals surface area contributed by atoms with Crippen LogP contribution in [0.15, 0.2) is 170 Å². The van der Waals surface area contributed by atoms with Crippen LogP contribution in [-0.2, 0) is 39.9 Å². The Hall–Kier alpha value is -6.26. The van der Waals surface area contributed by atoms with E-state index < -0.39 is 47.0 Å². The molecule has 2 amide bonds. The Labute approximate surface area is 353 Å². The van der Waals surface area contributed by atoms with Crippen LogP contribution in [0.3, 0.4) is 0 Å². The molecule has 0 saturated heterocycles. The molecule has 0 aromatic heterocycles. The van der Waals surface area contributed by atoms with Gasteiger partial charge in [-0.2, -0.15) is 0 Å². The second kappa shape index (κ2) is 19.5. The monoisotopic (exact) mass is 827 g/mol. The van der Waals surface area contributed by atoms with Gasteiger partial charge in [0.2, 0.25) is 11.8 Å². The summed E-state index contributed by atoms with van der Waals surface area (Å²) in [5.74, 6) is -2.96. The fourth-order valence-corrected chi connectivity index (χ4v) is 7.69. The van der Waals surface area contributed by atoms with Gasteiger partial charge in [-0.05, 0) is 25.0 Å². The van der Waals surface area contributed by atoms with E-state index >= 15 is 0 Å². The number of halogens is 2. The molecule has 0 unspecified atom stereocenters. The molecule has 5 N–H and O–H groups in total. The van der Waals surface area contributed by atoms with Gasteiger partial charge in [0.1, 0.15) is 6.04 Å². The molecule has 9 nitrogen and oxygen atoms in total. The lowest BCUT2D eigenvalue weighted by atomic mass is 9.80. The third-order valence-electron chi connectivity index (χ3n) is 10.0. The highest BCUT2D eigenvalue weighted by Crippen LogP contribution is 2.45. The first-order valence-corrected chi connectivity index (χ1v) is 19.8. The highest BCUT2D eigenvalue weighted by atomic mass is 35.5. The van der Waals surface area contributed by atoms with Gasteiger partial charge in [0.05, 0.1) is 6.04 Å². The van der Waals surface area contributed by atoms with Crippen molar-refractivity contribution in [2.75, 3.05) is 0 Å². The van der Waals surface area contributed by atoms with Crippen LogP contribution in [0.5, 0.6) is 0 Å². The maximum absolute atomic E-state index is 14.5. The molecule has 0 aliphatic rings. The summed E-state index contributed by atoms with van der Waals surface area (Å²) in [5.41, 5.74) is 12.4. The number of amides is 2. The lowest BCUT2D eigenvalue weighted by Crippen LogP contribution is -2.51. The fourth-order valence-electron chi connectivity index (χ4n) is 7.15. The highest BCUT2D eigenvalue weighted by molar-refractivity contribution is 6.32. The van der Waals surface area contributed by atoms with E-state index in [0.29, 0.717) is 43.4 Å². The van der Waals surface area contributed by atoms with Crippen LogP contribution in [-0.4, -0.2) is 35.8 Å². The minimum absolute atomic E-state index is 0.151. The van der Waals surface area contributed by atoms with Gasteiger partial charge in [-0.25, -0.2) is 4.79 Å². The molecule has 0 aliphatic heterocycles. The van der Waals surface area contributed by atoms with Crippen molar-refractivity contribution < 1.29 is 28.7 Å². The number of carbonyl (C=O) groups is 4. The Kier molecular flexibility index (Phi) is 14.0. The summed E-state index contributed by atoms with van der Waals surface area (Å²) in [7, 11) is 0. The standard InChI is InChI=1S/C48H43Cl2N3O6/c49-39-27-15-13-25-37(39)47(33-17-5-1-6-18-33,34-19-7-2-8-20-34)58-44(55)32-29-41(51)45(56)53-42(30-31-43(52)54)46(57)59-48(35-21-9-3-10-22-35,36-23-11-4-12-24-36)38-26-14-16-28-40(38)50/h1-28,41-42H,29-32,51H2,(H2,52,54)(H,53,56)/t41-,42-/m0/s1. The first-order chi connectivity index (χ1) is 28.6. The average molecular weight is 829 g/mol. The van der Waals surface area contributed by atoms with Gasteiger partial charge in [0.15, 0.2) is 11.2 Å². The SMILES string of the molecule is NC(=O)CC[C@H](NC(=O)[C@@H](N)CCC(=O)OC(c1ccccc1)(c1ccccc1)c1ccccc1Cl)C(=O)OC(c1ccccc1)(c1ccccc1)c1ccccc1Cl. The second-order valence-corrected chi connectivity index (χ2v) is 14.7. The predicted molar refractivity (Wildman–Crippen MR) is 228 cm³/mol. The Bertz CT molecular complexity index is 2290. The van der Waals surface area contributed by atoms with E-state index in [1.807, 2.05) is 127 Å². The van der Waals surface area contributed by atoms with Gasteiger partial charge >= 0.3 is 11.9 Å². The van der Waals surface area contributed by atoms with Crippen LogP contribution in [0.2, 0.25) is 10.0 Å². The molecule has 6 aromatic rings. The van der Waals surface area contributed by atoms with E-state index in [1.54, 1.807) is 42.5 Å². The first kappa shape index (κ1) is 42.3. The molecule has 0 radical (unpaired) electrons. The number of nitrogens with two attached hydrogens (primary N) is 2. The predicted octanol–water partition coefficient (Wildman–Crippen LogP) is 8.22. The number of ether oxygens (including phenoxy) is 2. The number of rotatable bonds is 17. The number of carbonyl (C=O) groups excluding carboxylic acids is 4. The maximum Gasteiger partial charge on any atom is 0.330 e. The molecule has 0 fully saturated rings. The third-order valence-corrected chi connectivity index (χ3v) is 10.7. The molecule has 0 spiro atoms. The lowest BCUT2D eigenvalue weighted by Gasteiger charge is -2.37. The largest absolute Gasteiger partial charge is 0.444 e. The summed E-state index contributed by atoms with van der Waals surface area (Å²) in [4.78, 5) is 54.2. The number of hydrogen-bond donors (Lipinski definition) is 3. The average Bonchev–Trinajstić information content (AvgIpc) is 3.27. The van der Waals surface area contributed by atoms with E-state index in [0.717, 1.165) is 0 Å². The van der Waals surface area contributed by atoms with Crippen molar-refractivity contribution in [3.63, 3.8) is 0 Å². The van der Waals surface area contributed by atoms with Crippen LogP contribution in [0, 0.1) is 0 Å². The normalized spacial score (nSPS) is 12.5. The molecule has 2 atom stereocenters. The molecular formula is C48H43Cl2N3O6. The fraction of sp³-hybridized carbons (Fsp3) is 0.167. The van der Waals surface area contributed by atoms with Crippen LogP contribution in [0.1, 0.15) is 59.1 Å². The minimum atomic E-state index is -1.58. The number of nitrogens with one attached hydrogen (secondary N) is 1. The van der Waals surface area contributed by atoms with Crippen molar-refractivity contribution in [3.05, 3.63) is 213 Å². The molecule has 0 aliphatic carbocycles. The van der Waals surface area contributed by atoms with Crippen molar-refractivity contribution >= 4 is 47.0 Å².